The van der Waals surface area contributed by atoms with Gasteiger partial charge in [0.15, 0.2) is 0 Å². The highest BCUT2D eigenvalue weighted by molar-refractivity contribution is 6.31. The summed E-state index contributed by atoms with van der Waals surface area (Å²) in [7, 11) is 0. The van der Waals surface area contributed by atoms with Gasteiger partial charge in [-0.25, -0.2) is 0 Å². The molecule has 128 valence electrons. The van der Waals surface area contributed by atoms with Gasteiger partial charge in [-0.1, -0.05) is 50.1 Å². The normalized spacial score (nSPS) is 17.2. The molecule has 3 nitrogen and oxygen atoms in total. The van der Waals surface area contributed by atoms with Gasteiger partial charge in [0.2, 0.25) is 5.91 Å². The maximum Gasteiger partial charge on any atom is 0.223 e. The van der Waals surface area contributed by atoms with Gasteiger partial charge in [0, 0.05) is 17.5 Å². The van der Waals surface area contributed by atoms with Crippen LogP contribution in [0.5, 0.6) is 0 Å². The van der Waals surface area contributed by atoms with Crippen LogP contribution < -0.4 is 5.32 Å². The van der Waals surface area contributed by atoms with Crippen LogP contribution in [0, 0.1) is 5.92 Å². The lowest BCUT2D eigenvalue weighted by Crippen LogP contribution is -2.42. The summed E-state index contributed by atoms with van der Waals surface area (Å²) in [5.74, 6) is 0.285. The Hall–Kier alpha value is -1.06. The summed E-state index contributed by atoms with van der Waals surface area (Å²) < 4.78 is 0. The number of likely N-dealkylation sites (tertiary alicyclic amines) is 1. The number of nitrogens with one attached hydrogen (secondary N) is 1. The van der Waals surface area contributed by atoms with Crippen LogP contribution in [0.15, 0.2) is 24.3 Å². The smallest absolute Gasteiger partial charge is 0.223 e. The van der Waals surface area contributed by atoms with Gasteiger partial charge in [-0.3, -0.25) is 9.69 Å². The Labute approximate surface area is 145 Å². The van der Waals surface area contributed by atoms with Gasteiger partial charge in [0.05, 0.1) is 6.04 Å². The second kappa shape index (κ2) is 9.29. The fourth-order valence-corrected chi connectivity index (χ4v) is 3.67. The zero-order valence-corrected chi connectivity index (χ0v) is 15.1. The van der Waals surface area contributed by atoms with Crippen molar-refractivity contribution in [2.45, 2.75) is 52.0 Å². The van der Waals surface area contributed by atoms with E-state index in [4.69, 9.17) is 11.6 Å². The Bertz CT molecular complexity index is 496. The highest BCUT2D eigenvalue weighted by atomic mass is 35.5. The summed E-state index contributed by atoms with van der Waals surface area (Å²) in [6.07, 6.45) is 5.53. The summed E-state index contributed by atoms with van der Waals surface area (Å²) in [4.78, 5) is 14.8. The second-order valence-corrected chi connectivity index (χ2v) is 6.80. The molecule has 1 N–H and O–H groups in total. The number of hydrogen-bond acceptors (Lipinski definition) is 2. The predicted molar refractivity (Wildman–Crippen MR) is 96.7 cm³/mol. The van der Waals surface area contributed by atoms with Gasteiger partial charge in [-0.2, -0.15) is 0 Å². The Balaban J connectivity index is 2.11. The molecule has 1 heterocycles. The van der Waals surface area contributed by atoms with E-state index < -0.39 is 0 Å². The number of piperidine rings is 1. The van der Waals surface area contributed by atoms with E-state index in [1.165, 1.54) is 19.3 Å². The number of amides is 1. The van der Waals surface area contributed by atoms with Crippen molar-refractivity contribution in [2.75, 3.05) is 19.6 Å². The van der Waals surface area contributed by atoms with Crippen LogP contribution in [-0.2, 0) is 4.79 Å². The van der Waals surface area contributed by atoms with Crippen molar-refractivity contribution in [3.05, 3.63) is 34.9 Å². The number of carbonyl (C=O) groups is 1. The van der Waals surface area contributed by atoms with Crippen LogP contribution in [0.4, 0.5) is 0 Å². The lowest BCUT2D eigenvalue weighted by atomic mass is 10.00. The van der Waals surface area contributed by atoms with Gasteiger partial charge >= 0.3 is 0 Å². The maximum atomic E-state index is 12.3. The number of nitrogens with zero attached hydrogens (tertiary/aromatic N) is 1. The van der Waals surface area contributed by atoms with Crippen molar-refractivity contribution in [2.24, 2.45) is 5.92 Å². The molecule has 1 aliphatic rings. The topological polar surface area (TPSA) is 32.3 Å². The summed E-state index contributed by atoms with van der Waals surface area (Å²) in [6.45, 7) is 6.94. The van der Waals surface area contributed by atoms with Crippen molar-refractivity contribution in [1.29, 1.82) is 0 Å². The van der Waals surface area contributed by atoms with Crippen LogP contribution in [-0.4, -0.2) is 30.4 Å². The third kappa shape index (κ3) is 4.95. The summed E-state index contributed by atoms with van der Waals surface area (Å²) >= 11 is 6.43. The monoisotopic (exact) mass is 336 g/mol. The van der Waals surface area contributed by atoms with Gasteiger partial charge in [-0.05, 0) is 50.4 Å². The predicted octanol–water partition coefficient (Wildman–Crippen LogP) is 4.42. The Kier molecular flexibility index (Phi) is 7.38. The van der Waals surface area contributed by atoms with Crippen molar-refractivity contribution in [1.82, 2.24) is 10.2 Å². The van der Waals surface area contributed by atoms with Crippen molar-refractivity contribution < 1.29 is 4.79 Å². The Morgan fingerprint density at radius 2 is 1.83 bits per heavy atom. The molecule has 2 rings (SSSR count). The Morgan fingerprint density at radius 3 is 2.43 bits per heavy atom. The first-order valence-electron chi connectivity index (χ1n) is 8.93. The molecule has 4 heteroatoms. The van der Waals surface area contributed by atoms with E-state index in [9.17, 15) is 4.79 Å². The first-order chi connectivity index (χ1) is 11.2. The molecule has 0 radical (unpaired) electrons. The fourth-order valence-electron chi connectivity index (χ4n) is 3.41. The molecule has 1 aromatic carbocycles. The van der Waals surface area contributed by atoms with Crippen LogP contribution in [0.2, 0.25) is 5.02 Å². The molecule has 0 bridgehead atoms. The first kappa shape index (κ1) is 18.3. The zero-order valence-electron chi connectivity index (χ0n) is 14.4. The van der Waals surface area contributed by atoms with Crippen LogP contribution in [0.3, 0.4) is 0 Å². The molecule has 1 atom stereocenters. The summed E-state index contributed by atoms with van der Waals surface area (Å²) in [5, 5.41) is 3.96. The highest BCUT2D eigenvalue weighted by Crippen LogP contribution is 2.29. The molecular formula is C19H29ClN2O. The minimum absolute atomic E-state index is 0.114. The molecule has 0 aliphatic carbocycles. The van der Waals surface area contributed by atoms with E-state index in [0.717, 1.165) is 36.5 Å². The molecular weight excluding hydrogens is 308 g/mol. The lowest BCUT2D eigenvalue weighted by molar-refractivity contribution is -0.125. The third-order valence-electron chi connectivity index (χ3n) is 4.92. The molecule has 1 saturated heterocycles. The Morgan fingerprint density at radius 1 is 1.17 bits per heavy atom. The number of hydrogen-bond donors (Lipinski definition) is 1. The zero-order chi connectivity index (χ0) is 16.7. The third-order valence-corrected chi connectivity index (χ3v) is 5.27. The number of halogens is 1. The van der Waals surface area contributed by atoms with E-state index in [0.29, 0.717) is 6.54 Å². The van der Waals surface area contributed by atoms with Gasteiger partial charge in [0.25, 0.3) is 0 Å². The fraction of sp³-hybridized carbons (Fsp3) is 0.632. The SMILES string of the molecule is CCC(CC)C(=O)NCC(c1ccccc1Cl)N1CCCCC1. The summed E-state index contributed by atoms with van der Waals surface area (Å²) in [5.41, 5.74) is 1.13. The van der Waals surface area contributed by atoms with Crippen molar-refractivity contribution in [3.8, 4) is 0 Å². The second-order valence-electron chi connectivity index (χ2n) is 6.39. The number of benzene rings is 1. The van der Waals surface area contributed by atoms with Crippen molar-refractivity contribution in [3.63, 3.8) is 0 Å². The minimum atomic E-state index is 0.114. The highest BCUT2D eigenvalue weighted by Gasteiger charge is 2.25. The molecule has 1 aromatic rings. The van der Waals surface area contributed by atoms with E-state index in [1.807, 2.05) is 18.2 Å². The van der Waals surface area contributed by atoms with Crippen LogP contribution >= 0.6 is 11.6 Å². The molecule has 1 aliphatic heterocycles. The van der Waals surface area contributed by atoms with E-state index in [1.54, 1.807) is 0 Å². The maximum absolute atomic E-state index is 12.3. The first-order valence-corrected chi connectivity index (χ1v) is 9.31. The number of carbonyl (C=O) groups excluding carboxylic acids is 1. The van der Waals surface area contributed by atoms with Crippen molar-refractivity contribution >= 4 is 17.5 Å². The average molecular weight is 337 g/mol. The van der Waals surface area contributed by atoms with E-state index >= 15 is 0 Å². The molecule has 0 aromatic heterocycles. The minimum Gasteiger partial charge on any atom is -0.354 e. The standard InChI is InChI=1S/C19H29ClN2O/c1-3-15(4-2)19(23)21-14-18(22-12-8-5-9-13-22)16-10-6-7-11-17(16)20/h6-7,10-11,15,18H,3-5,8-9,12-14H2,1-2H3,(H,21,23). The average Bonchev–Trinajstić information content (AvgIpc) is 2.58. The van der Waals surface area contributed by atoms with Gasteiger partial charge in [0.1, 0.15) is 0 Å². The molecule has 1 unspecified atom stereocenters. The largest absolute Gasteiger partial charge is 0.354 e. The van der Waals surface area contributed by atoms with Crippen LogP contribution in [0.25, 0.3) is 0 Å². The van der Waals surface area contributed by atoms with E-state index in [2.05, 4.69) is 30.1 Å². The molecule has 0 spiro atoms. The quantitative estimate of drug-likeness (QED) is 0.799. The molecule has 1 fully saturated rings. The molecule has 23 heavy (non-hydrogen) atoms. The van der Waals surface area contributed by atoms with Crippen LogP contribution in [0.1, 0.15) is 57.6 Å². The van der Waals surface area contributed by atoms with Gasteiger partial charge in [-0.15, -0.1) is 0 Å². The molecule has 1 amide bonds. The lowest BCUT2D eigenvalue weighted by Gasteiger charge is -2.35. The summed E-state index contributed by atoms with van der Waals surface area (Å²) in [6, 6.07) is 8.19. The van der Waals surface area contributed by atoms with E-state index in [-0.39, 0.29) is 17.9 Å². The number of rotatable bonds is 7. The van der Waals surface area contributed by atoms with Gasteiger partial charge < -0.3 is 5.32 Å². The molecule has 0 saturated carbocycles.